The number of aromatic nitrogens is 2. The van der Waals surface area contributed by atoms with Crippen LogP contribution in [-0.2, 0) is 13.7 Å². The van der Waals surface area contributed by atoms with Gasteiger partial charge < -0.3 is 15.0 Å². The maximum absolute atomic E-state index is 14.8. The summed E-state index contributed by atoms with van der Waals surface area (Å²) in [5.41, 5.74) is 4.72. The van der Waals surface area contributed by atoms with Gasteiger partial charge in [0.05, 0.1) is 24.1 Å². The highest BCUT2D eigenvalue weighted by atomic mass is 19.1. The quantitative estimate of drug-likeness (QED) is 0.777. The van der Waals surface area contributed by atoms with Crippen molar-refractivity contribution in [1.82, 2.24) is 9.55 Å². The zero-order valence-electron chi connectivity index (χ0n) is 12.8. The number of aryl methyl sites for hydroxylation is 3. The Bertz CT molecular complexity index is 855. The number of aliphatic hydroxyl groups excluding tert-OH is 1. The summed E-state index contributed by atoms with van der Waals surface area (Å²) in [6.07, 6.45) is 1.57. The van der Waals surface area contributed by atoms with Crippen LogP contribution in [0, 0.1) is 19.7 Å². The van der Waals surface area contributed by atoms with Gasteiger partial charge in [-0.3, -0.25) is 0 Å². The van der Waals surface area contributed by atoms with Crippen molar-refractivity contribution in [2.75, 3.05) is 5.32 Å². The number of nitrogens with one attached hydrogen (secondary N) is 1. The topological polar surface area (TPSA) is 50.1 Å². The van der Waals surface area contributed by atoms with Crippen molar-refractivity contribution < 1.29 is 9.50 Å². The molecule has 0 saturated carbocycles. The highest BCUT2D eigenvalue weighted by Crippen LogP contribution is 2.31. The zero-order valence-corrected chi connectivity index (χ0v) is 12.8. The van der Waals surface area contributed by atoms with Crippen LogP contribution < -0.4 is 5.32 Å². The second kappa shape index (κ2) is 5.42. The Morgan fingerprint density at radius 1 is 1.27 bits per heavy atom. The smallest absolute Gasteiger partial charge is 0.174 e. The Kier molecular flexibility index (Phi) is 3.58. The Labute approximate surface area is 128 Å². The maximum Gasteiger partial charge on any atom is 0.174 e. The molecule has 0 atom stereocenters. The standard InChI is InChI=1S/C17H18FN3O/c1-10-4-5-13(11(2)6-10)20-16-12(8-22)7-14-17(15(16)18)19-9-21(14)3/h4-7,9,20,22H,8H2,1-3H3. The molecule has 0 aliphatic heterocycles. The molecule has 0 radical (unpaired) electrons. The van der Waals surface area contributed by atoms with Crippen LogP contribution in [0.25, 0.3) is 11.0 Å². The highest BCUT2D eigenvalue weighted by Gasteiger charge is 2.17. The van der Waals surface area contributed by atoms with Gasteiger partial charge in [0.2, 0.25) is 0 Å². The van der Waals surface area contributed by atoms with Crippen molar-refractivity contribution in [1.29, 1.82) is 0 Å². The van der Waals surface area contributed by atoms with E-state index in [2.05, 4.69) is 10.3 Å². The van der Waals surface area contributed by atoms with Gasteiger partial charge in [-0.05, 0) is 31.5 Å². The summed E-state index contributed by atoms with van der Waals surface area (Å²) in [7, 11) is 1.80. The van der Waals surface area contributed by atoms with Crippen molar-refractivity contribution in [3.05, 3.63) is 53.1 Å². The molecule has 5 heteroatoms. The first-order valence-electron chi connectivity index (χ1n) is 7.08. The third kappa shape index (κ3) is 2.33. The van der Waals surface area contributed by atoms with Crippen LogP contribution in [0.4, 0.5) is 15.8 Å². The molecule has 0 amide bonds. The maximum atomic E-state index is 14.8. The lowest BCUT2D eigenvalue weighted by atomic mass is 10.1. The summed E-state index contributed by atoms with van der Waals surface area (Å²) in [5.74, 6) is -0.442. The Morgan fingerprint density at radius 3 is 2.73 bits per heavy atom. The van der Waals surface area contributed by atoms with Crippen molar-refractivity contribution in [2.24, 2.45) is 7.05 Å². The molecule has 0 bridgehead atoms. The van der Waals surface area contributed by atoms with E-state index in [1.54, 1.807) is 24.0 Å². The first-order chi connectivity index (χ1) is 10.5. The van der Waals surface area contributed by atoms with Crippen LogP contribution in [0.5, 0.6) is 0 Å². The van der Waals surface area contributed by atoms with E-state index in [0.717, 1.165) is 16.8 Å². The molecule has 0 fully saturated rings. The zero-order chi connectivity index (χ0) is 15.9. The summed E-state index contributed by atoms with van der Waals surface area (Å²) in [4.78, 5) is 4.10. The molecule has 3 rings (SSSR count). The first-order valence-corrected chi connectivity index (χ1v) is 7.08. The van der Waals surface area contributed by atoms with Crippen LogP contribution in [0.3, 0.4) is 0 Å². The number of hydrogen-bond acceptors (Lipinski definition) is 3. The van der Waals surface area contributed by atoms with Crippen LogP contribution in [0.2, 0.25) is 0 Å². The van der Waals surface area contributed by atoms with E-state index < -0.39 is 5.82 Å². The molecular weight excluding hydrogens is 281 g/mol. The van der Waals surface area contributed by atoms with Crippen LogP contribution in [0.1, 0.15) is 16.7 Å². The van der Waals surface area contributed by atoms with Crippen LogP contribution in [-0.4, -0.2) is 14.7 Å². The lowest BCUT2D eigenvalue weighted by Crippen LogP contribution is -2.02. The molecule has 1 aromatic heterocycles. The number of nitrogens with zero attached hydrogens (tertiary/aromatic N) is 2. The van der Waals surface area contributed by atoms with E-state index in [1.807, 2.05) is 32.0 Å². The van der Waals surface area contributed by atoms with Gasteiger partial charge in [0, 0.05) is 18.3 Å². The average Bonchev–Trinajstić information content (AvgIpc) is 2.85. The van der Waals surface area contributed by atoms with Crippen molar-refractivity contribution >= 4 is 22.4 Å². The molecule has 3 aromatic rings. The molecule has 114 valence electrons. The summed E-state index contributed by atoms with van der Waals surface area (Å²) < 4.78 is 16.5. The number of rotatable bonds is 3. The van der Waals surface area contributed by atoms with Gasteiger partial charge in [0.1, 0.15) is 5.52 Å². The minimum atomic E-state index is -0.442. The van der Waals surface area contributed by atoms with Gasteiger partial charge in [0.25, 0.3) is 0 Å². The third-order valence-electron chi connectivity index (χ3n) is 3.85. The molecule has 0 aliphatic rings. The summed E-state index contributed by atoms with van der Waals surface area (Å²) in [5, 5.41) is 12.7. The molecule has 2 aromatic carbocycles. The summed E-state index contributed by atoms with van der Waals surface area (Å²) >= 11 is 0. The lowest BCUT2D eigenvalue weighted by Gasteiger charge is -2.15. The molecular formula is C17H18FN3O. The number of hydrogen-bond donors (Lipinski definition) is 2. The highest BCUT2D eigenvalue weighted by molar-refractivity contribution is 5.84. The van der Waals surface area contributed by atoms with Gasteiger partial charge in [-0.25, -0.2) is 9.37 Å². The largest absolute Gasteiger partial charge is 0.392 e. The van der Waals surface area contributed by atoms with Crippen molar-refractivity contribution in [3.63, 3.8) is 0 Å². The fourth-order valence-electron chi connectivity index (χ4n) is 2.62. The number of aliphatic hydroxyl groups is 1. The number of halogens is 1. The van der Waals surface area contributed by atoms with E-state index in [9.17, 15) is 9.50 Å². The molecule has 2 N–H and O–H groups in total. The fraction of sp³-hybridized carbons (Fsp3) is 0.235. The fourth-order valence-corrected chi connectivity index (χ4v) is 2.62. The second-order valence-corrected chi connectivity index (χ2v) is 5.55. The average molecular weight is 299 g/mol. The summed E-state index contributed by atoms with van der Waals surface area (Å²) in [6.45, 7) is 3.73. The predicted octanol–water partition coefficient (Wildman–Crippen LogP) is 3.57. The van der Waals surface area contributed by atoms with Crippen molar-refractivity contribution in [3.8, 4) is 0 Å². The number of imidazole rings is 1. The van der Waals surface area contributed by atoms with E-state index in [4.69, 9.17) is 0 Å². The number of anilines is 2. The van der Waals surface area contributed by atoms with E-state index in [-0.39, 0.29) is 12.3 Å². The van der Waals surface area contributed by atoms with Crippen LogP contribution >= 0.6 is 0 Å². The number of fused-ring (bicyclic) bond motifs is 1. The summed E-state index contributed by atoms with van der Waals surface area (Å²) in [6, 6.07) is 7.66. The molecule has 4 nitrogen and oxygen atoms in total. The minimum absolute atomic E-state index is 0.245. The third-order valence-corrected chi connectivity index (χ3v) is 3.85. The van der Waals surface area contributed by atoms with E-state index in [1.165, 1.54) is 0 Å². The van der Waals surface area contributed by atoms with Gasteiger partial charge in [-0.1, -0.05) is 17.7 Å². The van der Waals surface area contributed by atoms with Crippen LogP contribution in [0.15, 0.2) is 30.6 Å². The van der Waals surface area contributed by atoms with E-state index in [0.29, 0.717) is 16.6 Å². The number of benzene rings is 2. The normalized spacial score (nSPS) is 11.1. The molecule has 22 heavy (non-hydrogen) atoms. The van der Waals surface area contributed by atoms with E-state index >= 15 is 0 Å². The minimum Gasteiger partial charge on any atom is -0.392 e. The SMILES string of the molecule is Cc1ccc(Nc2c(CO)cc3c(ncn3C)c2F)c(C)c1. The van der Waals surface area contributed by atoms with Crippen molar-refractivity contribution in [2.45, 2.75) is 20.5 Å². The molecule has 0 saturated heterocycles. The lowest BCUT2D eigenvalue weighted by molar-refractivity contribution is 0.282. The molecule has 0 unspecified atom stereocenters. The van der Waals surface area contributed by atoms with Gasteiger partial charge in [0.15, 0.2) is 5.82 Å². The predicted molar refractivity (Wildman–Crippen MR) is 85.8 cm³/mol. The molecule has 0 spiro atoms. The van der Waals surface area contributed by atoms with Gasteiger partial charge in [-0.15, -0.1) is 0 Å². The van der Waals surface area contributed by atoms with Gasteiger partial charge >= 0.3 is 0 Å². The van der Waals surface area contributed by atoms with Gasteiger partial charge in [-0.2, -0.15) is 0 Å². The Morgan fingerprint density at radius 2 is 2.05 bits per heavy atom. The second-order valence-electron chi connectivity index (χ2n) is 5.55. The molecule has 0 aliphatic carbocycles. The molecule has 1 heterocycles. The Hall–Kier alpha value is -2.40. The monoisotopic (exact) mass is 299 g/mol. The first kappa shape index (κ1) is 14.5. The Balaban J connectivity index is 2.15.